The molecule has 2 aromatic rings. The van der Waals surface area contributed by atoms with Gasteiger partial charge in [0.1, 0.15) is 12.3 Å². The molecule has 2 aliphatic heterocycles. The van der Waals surface area contributed by atoms with E-state index in [4.69, 9.17) is 15.1 Å². The van der Waals surface area contributed by atoms with Gasteiger partial charge in [0.05, 0.1) is 0 Å². The number of carbonyl (C=O) groups is 2. The van der Waals surface area contributed by atoms with Crippen molar-refractivity contribution < 1.29 is 14.0 Å². The highest BCUT2D eigenvalue weighted by molar-refractivity contribution is 14.0. The number of guanidine groups is 1. The normalized spacial score (nSPS) is 18.0. The molecular weight excluding hydrogens is 521 g/mol. The number of rotatable bonds is 7. The number of likely N-dealkylation sites (tertiary alicyclic amines) is 1. The number of amides is 2. The molecule has 2 aliphatic rings. The standard InChI is InChI=1S/C23H29N5O3.HI/c1-2-25-23(26-14-17-9-10-20(31-17)22(24)30)28-15-16(18-6-3-4-7-19(18)28)11-13-27-12-5-8-21(27)29;/h3-4,6-7,9-10,16H,2,5,8,11-15H2,1H3,(H2,24,30)(H,25,26);1H. The Bertz CT molecular complexity index is 990. The third-order valence-corrected chi connectivity index (χ3v) is 5.87. The summed E-state index contributed by atoms with van der Waals surface area (Å²) in [6.45, 7) is 5.54. The van der Waals surface area contributed by atoms with Gasteiger partial charge in [-0.1, -0.05) is 18.2 Å². The Balaban J connectivity index is 0.00000289. The van der Waals surface area contributed by atoms with E-state index < -0.39 is 5.91 Å². The number of carbonyl (C=O) groups excluding carboxylic acids is 2. The molecule has 0 radical (unpaired) electrons. The summed E-state index contributed by atoms with van der Waals surface area (Å²) in [5.74, 6) is 1.51. The second-order valence-electron chi connectivity index (χ2n) is 7.94. The number of furan rings is 1. The lowest BCUT2D eigenvalue weighted by Crippen LogP contribution is -2.41. The largest absolute Gasteiger partial charge is 0.454 e. The van der Waals surface area contributed by atoms with Crippen LogP contribution in [0, 0.1) is 0 Å². The lowest BCUT2D eigenvalue weighted by Gasteiger charge is -2.23. The van der Waals surface area contributed by atoms with Gasteiger partial charge in [-0.05, 0) is 43.5 Å². The van der Waals surface area contributed by atoms with Gasteiger partial charge < -0.3 is 25.3 Å². The molecule has 1 unspecified atom stereocenters. The maximum atomic E-state index is 12.0. The number of fused-ring (bicyclic) bond motifs is 1. The average molecular weight is 551 g/mol. The van der Waals surface area contributed by atoms with Crippen LogP contribution in [0.4, 0.5) is 5.69 Å². The lowest BCUT2D eigenvalue weighted by atomic mass is 9.98. The Kier molecular flexibility index (Phi) is 8.16. The molecule has 1 aromatic heterocycles. The summed E-state index contributed by atoms with van der Waals surface area (Å²) in [7, 11) is 0. The fourth-order valence-electron chi connectivity index (χ4n) is 4.34. The van der Waals surface area contributed by atoms with Crippen LogP contribution in [0.15, 0.2) is 45.8 Å². The smallest absolute Gasteiger partial charge is 0.284 e. The quantitative estimate of drug-likeness (QED) is 0.313. The first-order valence-electron chi connectivity index (χ1n) is 10.9. The van der Waals surface area contributed by atoms with Crippen LogP contribution in [0.1, 0.15) is 54.0 Å². The van der Waals surface area contributed by atoms with Crippen molar-refractivity contribution in [2.75, 3.05) is 31.1 Å². The monoisotopic (exact) mass is 551 g/mol. The van der Waals surface area contributed by atoms with Crippen LogP contribution in [0.3, 0.4) is 0 Å². The van der Waals surface area contributed by atoms with Gasteiger partial charge >= 0.3 is 0 Å². The molecule has 3 N–H and O–H groups in total. The number of aliphatic imine (C=N–C) groups is 1. The first-order chi connectivity index (χ1) is 15.1. The van der Waals surface area contributed by atoms with E-state index >= 15 is 0 Å². The van der Waals surface area contributed by atoms with Crippen LogP contribution in [0.2, 0.25) is 0 Å². The average Bonchev–Trinajstić information content (AvgIpc) is 3.48. The first-order valence-corrected chi connectivity index (χ1v) is 10.9. The van der Waals surface area contributed by atoms with E-state index in [0.29, 0.717) is 24.6 Å². The summed E-state index contributed by atoms with van der Waals surface area (Å²) < 4.78 is 5.47. The SMILES string of the molecule is CCNC(=NCc1ccc(C(N)=O)o1)N1CC(CCN2CCCC2=O)c2ccccc21.I. The molecule has 0 bridgehead atoms. The molecule has 172 valence electrons. The third-order valence-electron chi connectivity index (χ3n) is 5.87. The molecule has 1 atom stereocenters. The molecule has 0 spiro atoms. The van der Waals surface area contributed by atoms with Crippen LogP contribution in [-0.4, -0.2) is 48.9 Å². The van der Waals surface area contributed by atoms with Crippen LogP contribution in [-0.2, 0) is 11.3 Å². The predicted octanol–water partition coefficient (Wildman–Crippen LogP) is 3.08. The van der Waals surface area contributed by atoms with Crippen molar-refractivity contribution in [2.45, 2.75) is 38.6 Å². The van der Waals surface area contributed by atoms with Crippen molar-refractivity contribution in [3.63, 3.8) is 0 Å². The van der Waals surface area contributed by atoms with Crippen LogP contribution >= 0.6 is 24.0 Å². The Morgan fingerprint density at radius 3 is 2.78 bits per heavy atom. The second kappa shape index (κ2) is 10.8. The lowest BCUT2D eigenvalue weighted by molar-refractivity contribution is -0.127. The van der Waals surface area contributed by atoms with Gasteiger partial charge in [0.15, 0.2) is 11.7 Å². The number of nitrogens with one attached hydrogen (secondary N) is 1. The van der Waals surface area contributed by atoms with Crippen molar-refractivity contribution in [2.24, 2.45) is 10.7 Å². The number of hydrogen-bond donors (Lipinski definition) is 2. The first kappa shape index (κ1) is 24.1. The minimum Gasteiger partial charge on any atom is -0.454 e. The molecule has 4 rings (SSSR count). The number of para-hydroxylation sites is 1. The van der Waals surface area contributed by atoms with Gasteiger partial charge in [0.25, 0.3) is 5.91 Å². The molecule has 0 aliphatic carbocycles. The van der Waals surface area contributed by atoms with Crippen molar-refractivity contribution in [1.82, 2.24) is 10.2 Å². The predicted molar refractivity (Wildman–Crippen MR) is 134 cm³/mol. The summed E-state index contributed by atoms with van der Waals surface area (Å²) >= 11 is 0. The highest BCUT2D eigenvalue weighted by atomic mass is 127. The summed E-state index contributed by atoms with van der Waals surface area (Å²) in [6, 6.07) is 11.7. The molecule has 1 saturated heterocycles. The van der Waals surface area contributed by atoms with Gasteiger partial charge in [-0.25, -0.2) is 4.99 Å². The number of benzene rings is 1. The molecule has 1 aromatic carbocycles. The molecule has 0 saturated carbocycles. The van der Waals surface area contributed by atoms with Crippen LogP contribution in [0.5, 0.6) is 0 Å². The number of nitrogens with two attached hydrogens (primary N) is 1. The van der Waals surface area contributed by atoms with Crippen molar-refractivity contribution in [1.29, 1.82) is 0 Å². The molecule has 1 fully saturated rings. The molecule has 8 nitrogen and oxygen atoms in total. The zero-order valence-electron chi connectivity index (χ0n) is 18.3. The zero-order valence-corrected chi connectivity index (χ0v) is 20.6. The molecule has 9 heteroatoms. The maximum Gasteiger partial charge on any atom is 0.284 e. The van der Waals surface area contributed by atoms with Crippen LogP contribution in [0.25, 0.3) is 0 Å². The minimum atomic E-state index is -0.588. The van der Waals surface area contributed by atoms with E-state index in [0.717, 1.165) is 50.7 Å². The van der Waals surface area contributed by atoms with Crippen molar-refractivity contribution in [3.8, 4) is 0 Å². The van der Waals surface area contributed by atoms with E-state index in [1.165, 1.54) is 5.56 Å². The Morgan fingerprint density at radius 2 is 2.09 bits per heavy atom. The van der Waals surface area contributed by atoms with Gasteiger partial charge in [0, 0.05) is 44.2 Å². The topological polar surface area (TPSA) is 104 Å². The van der Waals surface area contributed by atoms with Gasteiger partial charge in [-0.2, -0.15) is 0 Å². The maximum absolute atomic E-state index is 12.0. The molecule has 3 heterocycles. The highest BCUT2D eigenvalue weighted by Gasteiger charge is 2.32. The number of anilines is 1. The fraction of sp³-hybridized carbons (Fsp3) is 0.435. The van der Waals surface area contributed by atoms with Gasteiger partial charge in [-0.3, -0.25) is 9.59 Å². The van der Waals surface area contributed by atoms with Gasteiger partial charge in [-0.15, -0.1) is 24.0 Å². The van der Waals surface area contributed by atoms with E-state index in [-0.39, 0.29) is 35.6 Å². The molecule has 2 amide bonds. The number of primary amides is 1. The van der Waals surface area contributed by atoms with E-state index in [9.17, 15) is 9.59 Å². The Labute approximate surface area is 205 Å². The van der Waals surface area contributed by atoms with E-state index in [2.05, 4.69) is 28.4 Å². The minimum absolute atomic E-state index is 0. The number of nitrogens with zero attached hydrogens (tertiary/aromatic N) is 3. The van der Waals surface area contributed by atoms with Crippen molar-refractivity contribution in [3.05, 3.63) is 53.5 Å². The molecule has 32 heavy (non-hydrogen) atoms. The number of hydrogen-bond acceptors (Lipinski definition) is 4. The Morgan fingerprint density at radius 1 is 1.28 bits per heavy atom. The highest BCUT2D eigenvalue weighted by Crippen LogP contribution is 2.38. The summed E-state index contributed by atoms with van der Waals surface area (Å²) in [5, 5.41) is 3.37. The zero-order chi connectivity index (χ0) is 21.8. The second-order valence-corrected chi connectivity index (χ2v) is 7.94. The third kappa shape index (κ3) is 5.25. The summed E-state index contributed by atoms with van der Waals surface area (Å²) in [4.78, 5) is 32.2. The van der Waals surface area contributed by atoms with Crippen LogP contribution < -0.4 is 16.0 Å². The number of halogens is 1. The van der Waals surface area contributed by atoms with Crippen molar-refractivity contribution >= 4 is 47.4 Å². The molecular formula is C23H30IN5O3. The van der Waals surface area contributed by atoms with Gasteiger partial charge in [0.2, 0.25) is 5.91 Å². The summed E-state index contributed by atoms with van der Waals surface area (Å²) in [6.07, 6.45) is 2.57. The fourth-order valence-corrected chi connectivity index (χ4v) is 4.34. The van der Waals surface area contributed by atoms with E-state index in [1.54, 1.807) is 12.1 Å². The Hall–Kier alpha value is -2.56. The van der Waals surface area contributed by atoms with E-state index in [1.807, 2.05) is 17.9 Å². The summed E-state index contributed by atoms with van der Waals surface area (Å²) in [5.41, 5.74) is 7.69.